The molecule has 1 aliphatic rings. The number of carbonyl (C=O) groups is 1. The molecule has 0 radical (unpaired) electrons. The molecule has 1 amide bonds. The summed E-state index contributed by atoms with van der Waals surface area (Å²) in [7, 11) is -3.83. The van der Waals surface area contributed by atoms with Crippen LogP contribution in [0.5, 0.6) is 0 Å². The summed E-state index contributed by atoms with van der Waals surface area (Å²) in [6, 6.07) is 3.05. The van der Waals surface area contributed by atoms with Gasteiger partial charge in [-0.25, -0.2) is 13.6 Å². The van der Waals surface area contributed by atoms with Crippen molar-refractivity contribution in [3.05, 3.63) is 28.8 Å². The molecule has 1 saturated carbocycles. The Balaban J connectivity index is 2.23. The Morgan fingerprint density at radius 2 is 1.95 bits per heavy atom. The number of rotatable bonds is 4. The Hall–Kier alpha value is -1.40. The highest BCUT2D eigenvalue weighted by Crippen LogP contribution is 2.39. The van der Waals surface area contributed by atoms with E-state index in [1.807, 2.05) is 0 Å². The van der Waals surface area contributed by atoms with Crippen molar-refractivity contribution < 1.29 is 13.2 Å². The normalized spacial score (nSPS) is 17.1. The van der Waals surface area contributed by atoms with E-state index < -0.39 is 10.0 Å². The molecule has 21 heavy (non-hydrogen) atoms. The van der Waals surface area contributed by atoms with Gasteiger partial charge in [0.1, 0.15) is 0 Å². The number of primary sulfonamides is 1. The van der Waals surface area contributed by atoms with Crippen molar-refractivity contribution in [3.63, 3.8) is 0 Å². The number of aryl methyl sites for hydroxylation is 1. The number of hydrogen-bond acceptors (Lipinski definition) is 3. The third-order valence-electron chi connectivity index (χ3n) is 4.42. The van der Waals surface area contributed by atoms with Crippen molar-refractivity contribution in [2.45, 2.75) is 44.9 Å². The third-order valence-corrected chi connectivity index (χ3v) is 5.46. The highest BCUT2D eigenvalue weighted by atomic mass is 32.2. The van der Waals surface area contributed by atoms with Gasteiger partial charge >= 0.3 is 0 Å². The first-order chi connectivity index (χ1) is 9.62. The molecule has 2 rings (SSSR count). The third kappa shape index (κ3) is 3.44. The summed E-state index contributed by atoms with van der Waals surface area (Å²) in [6.45, 7) is 6.22. The number of nitrogens with one attached hydrogen (secondary N) is 1. The van der Waals surface area contributed by atoms with Gasteiger partial charge < -0.3 is 5.32 Å². The second-order valence-electron chi connectivity index (χ2n) is 6.31. The van der Waals surface area contributed by atoms with Crippen LogP contribution in [0.3, 0.4) is 0 Å². The van der Waals surface area contributed by atoms with E-state index in [0.717, 1.165) is 18.4 Å². The molecule has 3 N–H and O–H groups in total. The summed E-state index contributed by atoms with van der Waals surface area (Å²) in [6.07, 6.45) is 3.43. The smallest absolute Gasteiger partial charge is 0.251 e. The molecule has 1 aromatic carbocycles. The fourth-order valence-corrected chi connectivity index (χ4v) is 3.49. The monoisotopic (exact) mass is 310 g/mol. The van der Waals surface area contributed by atoms with Crippen molar-refractivity contribution in [1.82, 2.24) is 5.32 Å². The van der Waals surface area contributed by atoms with Gasteiger partial charge in [-0.15, -0.1) is 0 Å². The average molecular weight is 310 g/mol. The maximum atomic E-state index is 12.2. The molecule has 0 unspecified atom stereocenters. The van der Waals surface area contributed by atoms with Crippen LogP contribution in [0, 0.1) is 19.3 Å². The van der Waals surface area contributed by atoms with E-state index in [4.69, 9.17) is 5.14 Å². The first kappa shape index (κ1) is 16.0. The van der Waals surface area contributed by atoms with Gasteiger partial charge in [0.05, 0.1) is 4.90 Å². The minimum Gasteiger partial charge on any atom is -0.351 e. The largest absolute Gasteiger partial charge is 0.351 e. The van der Waals surface area contributed by atoms with E-state index in [9.17, 15) is 13.2 Å². The molecule has 1 aliphatic carbocycles. The van der Waals surface area contributed by atoms with Gasteiger partial charge in [-0.05, 0) is 55.4 Å². The van der Waals surface area contributed by atoms with E-state index in [-0.39, 0.29) is 16.2 Å². The Morgan fingerprint density at radius 3 is 2.43 bits per heavy atom. The topological polar surface area (TPSA) is 89.3 Å². The molecule has 6 heteroatoms. The van der Waals surface area contributed by atoms with Gasteiger partial charge in [0, 0.05) is 12.1 Å². The van der Waals surface area contributed by atoms with E-state index in [1.54, 1.807) is 19.9 Å². The summed E-state index contributed by atoms with van der Waals surface area (Å²) in [5.41, 5.74) is 1.84. The second-order valence-corrected chi connectivity index (χ2v) is 7.84. The predicted octanol–water partition coefficient (Wildman–Crippen LogP) is 1.87. The molecular formula is C15H22N2O3S. The van der Waals surface area contributed by atoms with Gasteiger partial charge in [-0.1, -0.05) is 13.3 Å². The summed E-state index contributed by atoms with van der Waals surface area (Å²) >= 11 is 0. The molecule has 5 nitrogen and oxygen atoms in total. The number of benzene rings is 1. The molecule has 0 heterocycles. The summed E-state index contributed by atoms with van der Waals surface area (Å²) in [5.74, 6) is -0.254. The summed E-state index contributed by atoms with van der Waals surface area (Å²) in [4.78, 5) is 12.2. The zero-order valence-corrected chi connectivity index (χ0v) is 13.5. The van der Waals surface area contributed by atoms with Crippen molar-refractivity contribution in [2.24, 2.45) is 10.6 Å². The van der Waals surface area contributed by atoms with E-state index >= 15 is 0 Å². The van der Waals surface area contributed by atoms with E-state index in [0.29, 0.717) is 17.7 Å². The molecule has 0 saturated heterocycles. The molecule has 0 spiro atoms. The minimum absolute atomic E-state index is 0.0162. The molecule has 0 atom stereocenters. The fraction of sp³-hybridized carbons (Fsp3) is 0.533. The van der Waals surface area contributed by atoms with E-state index in [2.05, 4.69) is 12.2 Å². The molecule has 0 aliphatic heterocycles. The Bertz CT molecular complexity index is 676. The summed E-state index contributed by atoms with van der Waals surface area (Å²) < 4.78 is 23.2. The summed E-state index contributed by atoms with van der Waals surface area (Å²) in [5, 5.41) is 8.10. The standard InChI is InChI=1S/C15H22N2O3S/c1-10-7-12(8-13(11(10)2)21(16,19)20)14(18)17-9-15(3)5-4-6-15/h7-8H,4-6,9H2,1-3H3,(H,17,18)(H2,16,19,20). The van der Waals surface area contributed by atoms with Crippen LogP contribution in [-0.4, -0.2) is 20.9 Å². The van der Waals surface area contributed by atoms with E-state index in [1.165, 1.54) is 12.5 Å². The zero-order chi connectivity index (χ0) is 15.8. The molecule has 0 bridgehead atoms. The number of amides is 1. The molecule has 1 fully saturated rings. The van der Waals surface area contributed by atoms with Crippen molar-refractivity contribution in [2.75, 3.05) is 6.54 Å². The number of carbonyl (C=O) groups excluding carboxylic acids is 1. The van der Waals surface area contributed by atoms with Crippen LogP contribution in [0.25, 0.3) is 0 Å². The molecule has 0 aromatic heterocycles. The van der Waals surface area contributed by atoms with Crippen LogP contribution in [-0.2, 0) is 10.0 Å². The van der Waals surface area contributed by atoms with Crippen LogP contribution in [0.15, 0.2) is 17.0 Å². The highest BCUT2D eigenvalue weighted by molar-refractivity contribution is 7.89. The molecular weight excluding hydrogens is 288 g/mol. The minimum atomic E-state index is -3.83. The lowest BCUT2D eigenvalue weighted by Gasteiger charge is -2.38. The quantitative estimate of drug-likeness (QED) is 0.889. The lowest BCUT2D eigenvalue weighted by molar-refractivity contribution is 0.0890. The van der Waals surface area contributed by atoms with Crippen LogP contribution >= 0.6 is 0 Å². The fourth-order valence-electron chi connectivity index (χ4n) is 2.61. The molecule has 1 aromatic rings. The van der Waals surface area contributed by atoms with Crippen LogP contribution in [0.2, 0.25) is 0 Å². The maximum absolute atomic E-state index is 12.2. The zero-order valence-electron chi connectivity index (χ0n) is 12.7. The lowest BCUT2D eigenvalue weighted by Crippen LogP contribution is -2.40. The van der Waals surface area contributed by atoms with Gasteiger partial charge in [-0.3, -0.25) is 4.79 Å². The first-order valence-electron chi connectivity index (χ1n) is 7.05. The Labute approximate surface area is 126 Å². The lowest BCUT2D eigenvalue weighted by atomic mass is 9.70. The predicted molar refractivity (Wildman–Crippen MR) is 81.6 cm³/mol. The van der Waals surface area contributed by atoms with Gasteiger partial charge in [0.2, 0.25) is 10.0 Å². The van der Waals surface area contributed by atoms with Crippen molar-refractivity contribution in [1.29, 1.82) is 0 Å². The maximum Gasteiger partial charge on any atom is 0.251 e. The van der Waals surface area contributed by atoms with Gasteiger partial charge in [0.25, 0.3) is 5.91 Å². The van der Waals surface area contributed by atoms with Crippen molar-refractivity contribution in [3.8, 4) is 0 Å². The Kier molecular flexibility index (Phi) is 4.13. The SMILES string of the molecule is Cc1cc(C(=O)NCC2(C)CCC2)cc(S(N)(=O)=O)c1C. The van der Waals surface area contributed by atoms with Gasteiger partial charge in [0.15, 0.2) is 0 Å². The van der Waals surface area contributed by atoms with Crippen LogP contribution in [0.1, 0.15) is 47.7 Å². The Morgan fingerprint density at radius 1 is 1.33 bits per heavy atom. The van der Waals surface area contributed by atoms with Crippen LogP contribution in [0.4, 0.5) is 0 Å². The van der Waals surface area contributed by atoms with Crippen molar-refractivity contribution >= 4 is 15.9 Å². The number of sulfonamides is 1. The highest BCUT2D eigenvalue weighted by Gasteiger charge is 2.32. The van der Waals surface area contributed by atoms with Gasteiger partial charge in [-0.2, -0.15) is 0 Å². The first-order valence-corrected chi connectivity index (χ1v) is 8.59. The number of hydrogen-bond donors (Lipinski definition) is 2. The van der Waals surface area contributed by atoms with Crippen LogP contribution < -0.4 is 10.5 Å². The number of nitrogens with two attached hydrogens (primary N) is 1. The second kappa shape index (κ2) is 5.42. The average Bonchev–Trinajstić information content (AvgIpc) is 2.35. The molecule has 116 valence electrons.